The van der Waals surface area contributed by atoms with Crippen LogP contribution in [0.4, 0.5) is 0 Å². The van der Waals surface area contributed by atoms with Crippen LogP contribution in [0.25, 0.3) is 0 Å². The number of carbonyl (C=O) groups excluding carboxylic acids is 3. The van der Waals surface area contributed by atoms with E-state index in [9.17, 15) is 14.4 Å². The third kappa shape index (κ3) is 10.7. The Balaban J connectivity index is 2.69. The van der Waals surface area contributed by atoms with Gasteiger partial charge < -0.3 is 23.1 Å². The molecule has 49 heavy (non-hydrogen) atoms. The smallest absolute Gasteiger partial charge is 0.331 e. The van der Waals surface area contributed by atoms with E-state index in [4.69, 9.17) is 23.1 Å². The molecule has 5 atom stereocenters. The molecule has 0 amide bonds. The summed E-state index contributed by atoms with van der Waals surface area (Å²) in [5.41, 5.74) is 2.23. The van der Waals surface area contributed by atoms with Crippen LogP contribution in [0.2, 0.25) is 33.2 Å². The van der Waals surface area contributed by atoms with Crippen LogP contribution in [0, 0.1) is 0 Å². The number of hydrogen-bond donors (Lipinski definition) is 0. The van der Waals surface area contributed by atoms with E-state index < -0.39 is 65.1 Å². The number of ether oxygens (including phenoxy) is 3. The highest BCUT2D eigenvalue weighted by Gasteiger charge is 2.48. The van der Waals surface area contributed by atoms with Crippen molar-refractivity contribution < 1.29 is 37.4 Å². The quantitative estimate of drug-likeness (QED) is 0.127. The summed E-state index contributed by atoms with van der Waals surface area (Å²) >= 11 is 0. The van der Waals surface area contributed by atoms with Gasteiger partial charge in [0.2, 0.25) is 16.6 Å². The molecule has 0 aromatic heterocycles. The molecule has 1 aliphatic rings. The van der Waals surface area contributed by atoms with Crippen molar-refractivity contribution in [2.75, 3.05) is 0 Å². The molecule has 8 nitrogen and oxygen atoms in total. The Morgan fingerprint density at radius 2 is 0.939 bits per heavy atom. The summed E-state index contributed by atoms with van der Waals surface area (Å²) in [6.07, 6.45) is 2.08. The van der Waals surface area contributed by atoms with Gasteiger partial charge in [-0.1, -0.05) is 113 Å². The van der Waals surface area contributed by atoms with Crippen molar-refractivity contribution in [1.82, 2.24) is 0 Å². The molecule has 10 heteroatoms. The molecule has 0 N–H and O–H groups in total. The average molecular weight is 717 g/mol. The molecule has 276 valence electrons. The van der Waals surface area contributed by atoms with Crippen LogP contribution in [-0.4, -0.2) is 59.0 Å². The highest BCUT2D eigenvalue weighted by Crippen LogP contribution is 2.45. The van der Waals surface area contributed by atoms with Gasteiger partial charge in [0, 0.05) is 12.2 Å². The normalized spacial score (nSPS) is 25.2. The van der Waals surface area contributed by atoms with Crippen molar-refractivity contribution in [1.29, 1.82) is 0 Å². The second kappa shape index (κ2) is 18.6. The van der Waals surface area contributed by atoms with Crippen molar-refractivity contribution in [3.63, 3.8) is 0 Å². The molecule has 1 aromatic rings. The summed E-state index contributed by atoms with van der Waals surface area (Å²) in [6, 6.07) is 9.18. The summed E-state index contributed by atoms with van der Waals surface area (Å²) in [5, 5.41) is 0. The van der Waals surface area contributed by atoms with E-state index in [2.05, 4.69) is 83.1 Å². The Morgan fingerprint density at radius 3 is 1.33 bits per heavy atom. The third-order valence-electron chi connectivity index (χ3n) is 10.3. The zero-order valence-electron chi connectivity index (χ0n) is 32.5. The van der Waals surface area contributed by atoms with Crippen LogP contribution >= 0.6 is 0 Å². The maximum absolute atomic E-state index is 13.5. The van der Waals surface area contributed by atoms with Gasteiger partial charge in [0.15, 0.2) is 0 Å². The van der Waals surface area contributed by atoms with E-state index in [-0.39, 0.29) is 39.7 Å². The number of hydrogen-bond acceptors (Lipinski definition) is 8. The number of benzene rings is 1. The molecule has 0 fully saturated rings. The summed E-state index contributed by atoms with van der Waals surface area (Å²) in [4.78, 5) is 40.3. The Morgan fingerprint density at radius 1 is 0.571 bits per heavy atom. The van der Waals surface area contributed by atoms with Gasteiger partial charge in [-0.05, 0) is 64.8 Å². The lowest BCUT2D eigenvalue weighted by molar-refractivity contribution is -0.158. The van der Waals surface area contributed by atoms with Gasteiger partial charge in [0.1, 0.15) is 30.5 Å². The van der Waals surface area contributed by atoms with Crippen LogP contribution in [-0.2, 0) is 37.4 Å². The van der Waals surface area contributed by atoms with Gasteiger partial charge in [-0.25, -0.2) is 9.59 Å². The molecule has 0 saturated carbocycles. The molecule has 0 unspecified atom stereocenters. The Kier molecular flexibility index (Phi) is 16.2. The number of rotatable bonds is 11. The second-order valence-electron chi connectivity index (χ2n) is 15.4. The SMILES string of the molecule is CC(C)[Si](O[C@@H]1/C=C\C(=O)O[C@@H](c2ccccc2)CC(=O)O[C@@H](C)[C@H](O[Si](C(C)C)(C(C)C)C(C)C)/C=C\C(=O)O[C@H]1C)(C(C)C)C(C)C. The van der Waals surface area contributed by atoms with Gasteiger partial charge >= 0.3 is 17.9 Å². The maximum atomic E-state index is 13.5. The largest absolute Gasteiger partial charge is 0.459 e. The van der Waals surface area contributed by atoms with Gasteiger partial charge in [0.05, 0.1) is 6.42 Å². The maximum Gasteiger partial charge on any atom is 0.331 e. The van der Waals surface area contributed by atoms with Gasteiger partial charge in [-0.3, -0.25) is 4.79 Å². The molecule has 1 aliphatic heterocycles. The van der Waals surface area contributed by atoms with Crippen molar-refractivity contribution in [3.8, 4) is 0 Å². The minimum absolute atomic E-state index is 0.187. The summed E-state index contributed by atoms with van der Waals surface area (Å²) in [7, 11) is -4.94. The van der Waals surface area contributed by atoms with E-state index in [0.29, 0.717) is 5.56 Å². The molecule has 0 aliphatic carbocycles. The Bertz CT molecular complexity index is 1230. The van der Waals surface area contributed by atoms with E-state index in [1.165, 1.54) is 12.2 Å². The highest BCUT2D eigenvalue weighted by atomic mass is 28.4. The minimum atomic E-state index is -2.47. The summed E-state index contributed by atoms with van der Waals surface area (Å²) in [6.45, 7) is 29.7. The van der Waals surface area contributed by atoms with Crippen LogP contribution in [0.1, 0.15) is 115 Å². The van der Waals surface area contributed by atoms with Crippen LogP contribution in [0.5, 0.6) is 0 Å². The molecular formula is C39H64O8Si2. The first-order valence-corrected chi connectivity index (χ1v) is 22.4. The predicted octanol–water partition coefficient (Wildman–Crippen LogP) is 9.77. The van der Waals surface area contributed by atoms with Crippen LogP contribution in [0.3, 0.4) is 0 Å². The molecular weight excluding hydrogens is 653 g/mol. The predicted molar refractivity (Wildman–Crippen MR) is 201 cm³/mol. The average Bonchev–Trinajstić information content (AvgIpc) is 2.99. The molecule has 0 saturated heterocycles. The summed E-state index contributed by atoms with van der Waals surface area (Å²) in [5.74, 6) is -1.75. The first kappa shape index (κ1) is 42.6. The van der Waals surface area contributed by atoms with E-state index in [1.807, 2.05) is 30.3 Å². The number of carbonyl (C=O) groups is 3. The van der Waals surface area contributed by atoms with Crippen molar-refractivity contribution in [2.45, 2.75) is 167 Å². The fourth-order valence-electron chi connectivity index (χ4n) is 8.06. The van der Waals surface area contributed by atoms with Crippen molar-refractivity contribution in [2.24, 2.45) is 0 Å². The number of cyclic esters (lactones) is 3. The Hall–Kier alpha value is -2.54. The van der Waals surface area contributed by atoms with Crippen LogP contribution in [0.15, 0.2) is 54.6 Å². The molecule has 1 aromatic carbocycles. The zero-order valence-corrected chi connectivity index (χ0v) is 34.5. The lowest BCUT2D eigenvalue weighted by Gasteiger charge is -2.45. The topological polar surface area (TPSA) is 97.4 Å². The molecule has 0 bridgehead atoms. The first-order valence-electron chi connectivity index (χ1n) is 18.2. The van der Waals surface area contributed by atoms with Gasteiger partial charge in [-0.15, -0.1) is 0 Å². The van der Waals surface area contributed by atoms with E-state index >= 15 is 0 Å². The monoisotopic (exact) mass is 716 g/mol. The van der Waals surface area contributed by atoms with E-state index in [0.717, 1.165) is 0 Å². The minimum Gasteiger partial charge on any atom is -0.459 e. The third-order valence-corrected chi connectivity index (χ3v) is 22.5. The van der Waals surface area contributed by atoms with Crippen molar-refractivity contribution in [3.05, 3.63) is 60.2 Å². The van der Waals surface area contributed by atoms with E-state index in [1.54, 1.807) is 26.0 Å². The van der Waals surface area contributed by atoms with Crippen LogP contribution < -0.4 is 0 Å². The highest BCUT2D eigenvalue weighted by molar-refractivity contribution is 6.78. The molecule has 2 rings (SSSR count). The standard InChI is InChI=1S/C39H64O8Si2/c1-25(2)48(26(3)4,27(5)6)46-34-21-23-38(41)45-36(33-18-16-15-17-19-33)24-39(42)44-32(14)35(20-22-37(40)43-31(34)13)47-49(28(7)8,29(9)10)30(11)12/h15-23,25-32,34-36H,24H2,1-14H3/b22-20-,23-21-/t31-,32-,34+,35+,36+/m0/s1. The molecule has 1 heterocycles. The Labute approximate surface area is 298 Å². The van der Waals surface area contributed by atoms with Gasteiger partial charge in [-0.2, -0.15) is 0 Å². The lowest BCUT2D eigenvalue weighted by atomic mass is 10.1. The zero-order chi connectivity index (χ0) is 37.3. The first-order chi connectivity index (χ1) is 22.8. The second-order valence-corrected chi connectivity index (χ2v) is 26.2. The van der Waals surface area contributed by atoms with Crippen molar-refractivity contribution >= 4 is 34.5 Å². The molecule has 0 spiro atoms. The lowest BCUT2D eigenvalue weighted by Crippen LogP contribution is -2.52. The summed E-state index contributed by atoms with van der Waals surface area (Å²) < 4.78 is 31.9. The fourth-order valence-corrected chi connectivity index (χ4v) is 19.2. The molecule has 0 radical (unpaired) electrons. The number of esters is 3. The fraction of sp³-hybridized carbons (Fsp3) is 0.667. The van der Waals surface area contributed by atoms with Gasteiger partial charge in [0.25, 0.3) is 0 Å².